The molecule has 2 N–H and O–H groups in total. The molecule has 4 nitrogen and oxygen atoms in total. The lowest BCUT2D eigenvalue weighted by Gasteiger charge is -2.36. The number of hydrogen-bond donors (Lipinski definition) is 1. The molecule has 1 aromatic rings. The number of nitrogens with two attached hydrogens (primary N) is 1. The van der Waals surface area contributed by atoms with Crippen molar-refractivity contribution in [2.75, 3.05) is 12.4 Å². The van der Waals surface area contributed by atoms with Gasteiger partial charge in [-0.2, -0.15) is 0 Å². The summed E-state index contributed by atoms with van der Waals surface area (Å²) in [6, 6.07) is 4.54. The van der Waals surface area contributed by atoms with Gasteiger partial charge in [0.25, 0.3) is 0 Å². The van der Waals surface area contributed by atoms with Crippen LogP contribution in [0.25, 0.3) is 0 Å². The van der Waals surface area contributed by atoms with E-state index in [4.69, 9.17) is 9.88 Å². The van der Waals surface area contributed by atoms with Gasteiger partial charge in [0.05, 0.1) is 12.4 Å². The minimum absolute atomic E-state index is 0.113. The van der Waals surface area contributed by atoms with Crippen LogP contribution in [0.5, 0.6) is 5.75 Å². The van der Waals surface area contributed by atoms with Crippen LogP contribution in [0, 0.1) is 11.2 Å². The maximum absolute atomic E-state index is 13.8. The van der Waals surface area contributed by atoms with Crippen molar-refractivity contribution in [1.29, 1.82) is 0 Å². The van der Waals surface area contributed by atoms with Crippen molar-refractivity contribution in [3.63, 3.8) is 0 Å². The SMILES string of the molecule is NS(=O)(=O)CC1(COc2ccc(Br)cc2F)CCCCC1. The fraction of sp³-hybridized carbons (Fsp3) is 0.571. The number of primary sulfonamides is 1. The Bertz CT molecular complexity index is 600. The largest absolute Gasteiger partial charge is 0.490 e. The maximum Gasteiger partial charge on any atom is 0.209 e. The van der Waals surface area contributed by atoms with Crippen LogP contribution in [0.15, 0.2) is 22.7 Å². The van der Waals surface area contributed by atoms with Gasteiger partial charge >= 0.3 is 0 Å². The third-order valence-electron chi connectivity index (χ3n) is 3.85. The highest BCUT2D eigenvalue weighted by Gasteiger charge is 2.36. The van der Waals surface area contributed by atoms with Gasteiger partial charge in [0.1, 0.15) is 0 Å². The lowest BCUT2D eigenvalue weighted by Crippen LogP contribution is -2.40. The molecule has 7 heteroatoms. The molecular weight excluding hydrogens is 361 g/mol. The van der Waals surface area contributed by atoms with Gasteiger partial charge in [0, 0.05) is 9.89 Å². The number of hydrogen-bond acceptors (Lipinski definition) is 3. The van der Waals surface area contributed by atoms with Crippen LogP contribution in [-0.2, 0) is 10.0 Å². The molecule has 0 unspecified atom stereocenters. The molecule has 0 heterocycles. The first-order chi connectivity index (χ1) is 9.80. The smallest absolute Gasteiger partial charge is 0.209 e. The summed E-state index contributed by atoms with van der Waals surface area (Å²) in [7, 11) is -3.58. The van der Waals surface area contributed by atoms with E-state index in [1.807, 2.05) is 0 Å². The van der Waals surface area contributed by atoms with Crippen molar-refractivity contribution < 1.29 is 17.5 Å². The number of rotatable bonds is 5. The lowest BCUT2D eigenvalue weighted by molar-refractivity contribution is 0.115. The second-order valence-corrected chi connectivity index (χ2v) is 8.26. The van der Waals surface area contributed by atoms with Gasteiger partial charge in [-0.15, -0.1) is 0 Å². The number of halogens is 2. The predicted molar refractivity (Wildman–Crippen MR) is 83.1 cm³/mol. The van der Waals surface area contributed by atoms with Gasteiger partial charge in [-0.05, 0) is 31.0 Å². The molecule has 0 saturated heterocycles. The van der Waals surface area contributed by atoms with Crippen LogP contribution < -0.4 is 9.88 Å². The van der Waals surface area contributed by atoms with Crippen molar-refractivity contribution >= 4 is 26.0 Å². The van der Waals surface area contributed by atoms with Crippen molar-refractivity contribution in [3.8, 4) is 5.75 Å². The molecule has 0 atom stereocenters. The third kappa shape index (κ3) is 4.93. The minimum atomic E-state index is -3.58. The summed E-state index contributed by atoms with van der Waals surface area (Å²) in [6.45, 7) is 0.169. The summed E-state index contributed by atoms with van der Waals surface area (Å²) in [5.74, 6) is -0.443. The van der Waals surface area contributed by atoms with E-state index in [0.29, 0.717) is 4.47 Å². The van der Waals surface area contributed by atoms with Crippen LogP contribution in [0.1, 0.15) is 32.1 Å². The zero-order chi connectivity index (χ0) is 15.5. The van der Waals surface area contributed by atoms with E-state index in [1.54, 1.807) is 6.07 Å². The Morgan fingerprint density at radius 1 is 1.29 bits per heavy atom. The van der Waals surface area contributed by atoms with Crippen LogP contribution in [0.2, 0.25) is 0 Å². The molecule has 2 rings (SSSR count). The van der Waals surface area contributed by atoms with Gasteiger partial charge in [-0.25, -0.2) is 17.9 Å². The minimum Gasteiger partial charge on any atom is -0.490 e. The van der Waals surface area contributed by atoms with Gasteiger partial charge in [0.15, 0.2) is 11.6 Å². The average molecular weight is 380 g/mol. The van der Waals surface area contributed by atoms with E-state index in [9.17, 15) is 12.8 Å². The summed E-state index contributed by atoms with van der Waals surface area (Å²) < 4.78 is 42.9. The van der Waals surface area contributed by atoms with Crippen molar-refractivity contribution in [3.05, 3.63) is 28.5 Å². The fourth-order valence-corrected chi connectivity index (χ4v) is 4.44. The number of sulfonamides is 1. The Kier molecular flexibility index (Phi) is 5.27. The van der Waals surface area contributed by atoms with Gasteiger partial charge in [-0.1, -0.05) is 35.2 Å². The summed E-state index contributed by atoms with van der Waals surface area (Å²) in [6.07, 6.45) is 4.45. The van der Waals surface area contributed by atoms with Crippen molar-refractivity contribution in [1.82, 2.24) is 0 Å². The maximum atomic E-state index is 13.8. The van der Waals surface area contributed by atoms with E-state index < -0.39 is 21.3 Å². The van der Waals surface area contributed by atoms with E-state index in [-0.39, 0.29) is 18.1 Å². The molecule has 1 aliphatic carbocycles. The van der Waals surface area contributed by atoms with Gasteiger partial charge in [0.2, 0.25) is 10.0 Å². The van der Waals surface area contributed by atoms with Crippen LogP contribution >= 0.6 is 15.9 Å². The summed E-state index contributed by atoms with van der Waals surface area (Å²) in [4.78, 5) is 0. The van der Waals surface area contributed by atoms with E-state index >= 15 is 0 Å². The molecule has 0 amide bonds. The molecule has 1 fully saturated rings. The number of ether oxygens (including phenoxy) is 1. The highest BCUT2D eigenvalue weighted by Crippen LogP contribution is 2.38. The Morgan fingerprint density at radius 2 is 1.95 bits per heavy atom. The molecule has 1 aliphatic rings. The molecular formula is C14H19BrFNO3S. The molecule has 0 aliphatic heterocycles. The van der Waals surface area contributed by atoms with E-state index in [1.165, 1.54) is 12.1 Å². The zero-order valence-corrected chi connectivity index (χ0v) is 14.1. The Hall–Kier alpha value is -0.660. The monoisotopic (exact) mass is 379 g/mol. The normalized spacial score (nSPS) is 18.4. The van der Waals surface area contributed by atoms with Crippen LogP contribution in [0.3, 0.4) is 0 Å². The highest BCUT2D eigenvalue weighted by molar-refractivity contribution is 9.10. The first-order valence-electron chi connectivity index (χ1n) is 6.88. The molecule has 118 valence electrons. The third-order valence-corrected chi connectivity index (χ3v) is 5.36. The van der Waals surface area contributed by atoms with Crippen LogP contribution in [0.4, 0.5) is 4.39 Å². The Labute approximate surface area is 133 Å². The standard InChI is InChI=1S/C14H19BrFNO3S/c15-11-4-5-13(12(16)8-11)20-9-14(10-21(17,18)19)6-2-1-3-7-14/h4-5,8H,1-3,6-7,9-10H2,(H2,17,18,19). The molecule has 0 aromatic heterocycles. The molecule has 0 spiro atoms. The molecule has 1 aromatic carbocycles. The zero-order valence-electron chi connectivity index (χ0n) is 11.6. The van der Waals surface area contributed by atoms with Gasteiger partial charge in [-0.3, -0.25) is 0 Å². The summed E-state index contributed by atoms with van der Waals surface area (Å²) in [5.41, 5.74) is -0.509. The summed E-state index contributed by atoms with van der Waals surface area (Å²) >= 11 is 3.18. The molecule has 0 radical (unpaired) electrons. The Morgan fingerprint density at radius 3 is 2.52 bits per heavy atom. The van der Waals surface area contributed by atoms with E-state index in [2.05, 4.69) is 15.9 Å². The van der Waals surface area contributed by atoms with Crippen LogP contribution in [-0.4, -0.2) is 20.8 Å². The fourth-order valence-electron chi connectivity index (χ4n) is 2.88. The molecule has 0 bridgehead atoms. The topological polar surface area (TPSA) is 69.4 Å². The summed E-state index contributed by atoms with van der Waals surface area (Å²) in [5, 5.41) is 5.21. The molecule has 21 heavy (non-hydrogen) atoms. The second-order valence-electron chi connectivity index (χ2n) is 5.73. The molecule has 1 saturated carbocycles. The quantitative estimate of drug-likeness (QED) is 0.853. The Balaban J connectivity index is 2.12. The first-order valence-corrected chi connectivity index (χ1v) is 9.39. The van der Waals surface area contributed by atoms with E-state index in [0.717, 1.165) is 32.1 Å². The number of benzene rings is 1. The van der Waals surface area contributed by atoms with Gasteiger partial charge < -0.3 is 4.74 Å². The predicted octanol–water partition coefficient (Wildman–Crippen LogP) is 3.21. The van der Waals surface area contributed by atoms with Crippen molar-refractivity contribution in [2.45, 2.75) is 32.1 Å². The average Bonchev–Trinajstić information content (AvgIpc) is 2.37. The lowest BCUT2D eigenvalue weighted by atomic mass is 9.76. The van der Waals surface area contributed by atoms with Crippen molar-refractivity contribution in [2.24, 2.45) is 10.6 Å². The first kappa shape index (κ1) is 16.7. The second kappa shape index (κ2) is 6.62. The highest BCUT2D eigenvalue weighted by atomic mass is 79.9.